The van der Waals surface area contributed by atoms with Crippen molar-refractivity contribution in [2.75, 3.05) is 6.54 Å². The monoisotopic (exact) mass is 504 g/mol. The zero-order valence-corrected chi connectivity index (χ0v) is 21.4. The van der Waals surface area contributed by atoms with Crippen LogP contribution in [0.4, 0.5) is 0 Å². The van der Waals surface area contributed by atoms with Gasteiger partial charge in [0, 0.05) is 6.54 Å². The van der Waals surface area contributed by atoms with Crippen LogP contribution in [0.2, 0.25) is 0 Å². The van der Waals surface area contributed by atoms with Gasteiger partial charge in [0.15, 0.2) is 0 Å². The Kier molecular flexibility index (Phi) is 7.95. The van der Waals surface area contributed by atoms with Gasteiger partial charge in [-0.15, -0.1) is 0 Å². The van der Waals surface area contributed by atoms with Crippen molar-refractivity contribution in [3.8, 4) is 11.1 Å². The molecule has 4 aromatic carbocycles. The summed E-state index contributed by atoms with van der Waals surface area (Å²) in [6, 6.07) is 35.9. The molecule has 0 radical (unpaired) electrons. The molecule has 1 aliphatic carbocycles. The molecule has 5 heteroatoms. The van der Waals surface area contributed by atoms with Crippen molar-refractivity contribution in [1.82, 2.24) is 10.8 Å². The number of amides is 2. The second-order valence-electron chi connectivity index (χ2n) is 9.80. The summed E-state index contributed by atoms with van der Waals surface area (Å²) in [6.07, 6.45) is 2.20. The Labute approximate surface area is 223 Å². The van der Waals surface area contributed by atoms with E-state index in [1.807, 2.05) is 84.9 Å². The first-order valence-corrected chi connectivity index (χ1v) is 13.1. The molecule has 0 bridgehead atoms. The van der Waals surface area contributed by atoms with Crippen LogP contribution in [0.5, 0.6) is 0 Å². The number of hydrogen-bond acceptors (Lipinski definition) is 3. The van der Waals surface area contributed by atoms with Crippen LogP contribution in [0.25, 0.3) is 11.1 Å². The van der Waals surface area contributed by atoms with Crippen molar-refractivity contribution in [2.45, 2.75) is 32.3 Å². The lowest BCUT2D eigenvalue weighted by Crippen LogP contribution is -2.54. The van der Waals surface area contributed by atoms with E-state index in [0.29, 0.717) is 6.54 Å². The molecule has 0 atom stereocenters. The van der Waals surface area contributed by atoms with E-state index < -0.39 is 11.3 Å². The van der Waals surface area contributed by atoms with E-state index in [2.05, 4.69) is 35.1 Å². The van der Waals surface area contributed by atoms with E-state index >= 15 is 0 Å². The molecular formula is C33H32N2O3. The Bertz CT molecular complexity index is 1340. The Morgan fingerprint density at radius 1 is 0.658 bits per heavy atom. The molecule has 0 saturated heterocycles. The van der Waals surface area contributed by atoms with Crippen LogP contribution in [0.3, 0.4) is 0 Å². The highest BCUT2D eigenvalue weighted by Crippen LogP contribution is 2.40. The number of hydrogen-bond donors (Lipinski definition) is 2. The molecule has 0 aliphatic heterocycles. The van der Waals surface area contributed by atoms with E-state index in [-0.39, 0.29) is 25.4 Å². The van der Waals surface area contributed by atoms with Crippen LogP contribution >= 0.6 is 0 Å². The number of benzene rings is 4. The van der Waals surface area contributed by atoms with Crippen molar-refractivity contribution >= 4 is 11.8 Å². The summed E-state index contributed by atoms with van der Waals surface area (Å²) < 4.78 is 0. The van der Waals surface area contributed by atoms with Gasteiger partial charge in [0.25, 0.3) is 5.91 Å². The fraction of sp³-hybridized carbons (Fsp3) is 0.212. The minimum Gasteiger partial charge on any atom is -0.355 e. The number of carbonyl (C=O) groups excluding carboxylic acids is 2. The molecular weight excluding hydrogens is 472 g/mol. The second-order valence-corrected chi connectivity index (χ2v) is 9.80. The number of hydroxylamine groups is 1. The van der Waals surface area contributed by atoms with Gasteiger partial charge in [-0.3, -0.25) is 14.4 Å². The Morgan fingerprint density at radius 2 is 1.18 bits per heavy atom. The molecule has 192 valence electrons. The molecule has 38 heavy (non-hydrogen) atoms. The molecule has 4 aromatic rings. The molecule has 0 spiro atoms. The number of rotatable bonds is 9. The van der Waals surface area contributed by atoms with Crippen LogP contribution in [0.15, 0.2) is 109 Å². The normalized spacial score (nSPS) is 13.5. The minimum absolute atomic E-state index is 0.217. The van der Waals surface area contributed by atoms with Crippen LogP contribution in [-0.2, 0) is 40.3 Å². The van der Waals surface area contributed by atoms with Crippen molar-refractivity contribution < 1.29 is 14.4 Å². The number of nitrogens with one attached hydrogen (secondary N) is 2. The van der Waals surface area contributed by atoms with Gasteiger partial charge < -0.3 is 5.32 Å². The molecule has 5 nitrogen and oxygen atoms in total. The van der Waals surface area contributed by atoms with Gasteiger partial charge in [-0.1, -0.05) is 109 Å². The van der Waals surface area contributed by atoms with E-state index in [1.54, 1.807) is 0 Å². The summed E-state index contributed by atoms with van der Waals surface area (Å²) in [7, 11) is 0. The summed E-state index contributed by atoms with van der Waals surface area (Å²) in [4.78, 5) is 33.5. The zero-order chi connectivity index (χ0) is 26.2. The van der Waals surface area contributed by atoms with Crippen molar-refractivity contribution in [1.29, 1.82) is 0 Å². The molecule has 1 aliphatic rings. The SMILES string of the molecule is O=C(NCCCc1ccccc1)C1(C(=O)NOCc2ccccc2)Cc2ccccc2-c2ccccc2C1. The summed E-state index contributed by atoms with van der Waals surface area (Å²) in [5, 5.41) is 3.09. The van der Waals surface area contributed by atoms with E-state index in [0.717, 1.165) is 40.7 Å². The Balaban J connectivity index is 1.39. The quantitative estimate of drug-likeness (QED) is 0.181. The molecule has 0 unspecified atom stereocenters. The van der Waals surface area contributed by atoms with Crippen molar-refractivity contribution in [2.24, 2.45) is 5.41 Å². The molecule has 5 rings (SSSR count). The van der Waals surface area contributed by atoms with Crippen LogP contribution in [0, 0.1) is 5.41 Å². The van der Waals surface area contributed by atoms with Crippen LogP contribution in [0.1, 0.15) is 28.7 Å². The molecule has 0 fully saturated rings. The predicted molar refractivity (Wildman–Crippen MR) is 149 cm³/mol. The topological polar surface area (TPSA) is 67.4 Å². The lowest BCUT2D eigenvalue weighted by molar-refractivity contribution is -0.153. The first kappa shape index (κ1) is 25.4. The van der Waals surface area contributed by atoms with E-state index in [9.17, 15) is 9.59 Å². The maximum atomic E-state index is 14.0. The third-order valence-corrected chi connectivity index (χ3v) is 7.20. The van der Waals surface area contributed by atoms with E-state index in [4.69, 9.17) is 4.84 Å². The van der Waals surface area contributed by atoms with Gasteiger partial charge in [-0.25, -0.2) is 5.48 Å². The summed E-state index contributed by atoms with van der Waals surface area (Å²) in [5.41, 5.74) is 7.48. The molecule has 0 heterocycles. The molecule has 0 saturated carbocycles. The fourth-order valence-electron chi connectivity index (χ4n) is 5.18. The smallest absolute Gasteiger partial charge is 0.259 e. The van der Waals surface area contributed by atoms with Gasteiger partial charge >= 0.3 is 0 Å². The zero-order valence-electron chi connectivity index (χ0n) is 21.4. The van der Waals surface area contributed by atoms with Gasteiger partial charge in [0.1, 0.15) is 5.41 Å². The van der Waals surface area contributed by atoms with Crippen LogP contribution < -0.4 is 10.8 Å². The lowest BCUT2D eigenvalue weighted by Gasteiger charge is -2.30. The minimum atomic E-state index is -1.36. The van der Waals surface area contributed by atoms with Gasteiger partial charge in [-0.05, 0) is 59.1 Å². The second kappa shape index (κ2) is 11.9. The predicted octanol–water partition coefficient (Wildman–Crippen LogP) is 5.44. The highest BCUT2D eigenvalue weighted by atomic mass is 16.6. The number of fused-ring (bicyclic) bond motifs is 3. The average molecular weight is 505 g/mol. The molecule has 2 amide bonds. The number of aryl methyl sites for hydroxylation is 1. The third kappa shape index (κ3) is 5.68. The molecule has 2 N–H and O–H groups in total. The highest BCUT2D eigenvalue weighted by Gasteiger charge is 2.48. The standard InChI is InChI=1S/C33H32N2O3/c36-31(34-21-11-16-25-12-3-1-4-13-25)33(32(37)35-38-24-26-14-5-2-6-15-26)22-27-17-7-9-19-29(27)30-20-10-8-18-28(30)23-33/h1-10,12-15,17-20H,11,16,21-24H2,(H,34,36)(H,35,37). The summed E-state index contributed by atoms with van der Waals surface area (Å²) in [5.74, 6) is -0.710. The van der Waals surface area contributed by atoms with Gasteiger partial charge in [0.05, 0.1) is 6.61 Å². The average Bonchev–Trinajstić information content (AvgIpc) is 3.12. The first-order chi connectivity index (χ1) is 18.7. The van der Waals surface area contributed by atoms with Gasteiger partial charge in [0.2, 0.25) is 5.91 Å². The first-order valence-electron chi connectivity index (χ1n) is 13.1. The number of carbonyl (C=O) groups is 2. The largest absolute Gasteiger partial charge is 0.355 e. The summed E-state index contributed by atoms with van der Waals surface area (Å²) >= 11 is 0. The van der Waals surface area contributed by atoms with Crippen LogP contribution in [-0.4, -0.2) is 18.4 Å². The van der Waals surface area contributed by atoms with Gasteiger partial charge in [-0.2, -0.15) is 0 Å². The van der Waals surface area contributed by atoms with Crippen molar-refractivity contribution in [3.05, 3.63) is 131 Å². The van der Waals surface area contributed by atoms with Crippen molar-refractivity contribution in [3.63, 3.8) is 0 Å². The van der Waals surface area contributed by atoms with E-state index in [1.165, 1.54) is 5.56 Å². The molecule has 0 aromatic heterocycles. The lowest BCUT2D eigenvalue weighted by atomic mass is 9.76. The fourth-order valence-corrected chi connectivity index (χ4v) is 5.18. The highest BCUT2D eigenvalue weighted by molar-refractivity contribution is 6.06. The Morgan fingerprint density at radius 3 is 1.79 bits per heavy atom. The maximum Gasteiger partial charge on any atom is 0.259 e. The Hall–Kier alpha value is -4.22. The summed E-state index contributed by atoms with van der Waals surface area (Å²) in [6.45, 7) is 0.700. The third-order valence-electron chi connectivity index (χ3n) is 7.20. The maximum absolute atomic E-state index is 14.0.